The molecule has 0 bridgehead atoms. The van der Waals surface area contributed by atoms with Gasteiger partial charge in [0.2, 0.25) is 0 Å². The maximum atomic E-state index is 14.1. The van der Waals surface area contributed by atoms with E-state index >= 15 is 0 Å². The molecule has 6 heteroatoms. The second-order valence-corrected chi connectivity index (χ2v) is 5.29. The fraction of sp³-hybridized carbons (Fsp3) is 0.133. The number of aryl methyl sites for hydroxylation is 1. The summed E-state index contributed by atoms with van der Waals surface area (Å²) >= 11 is 11.9. The Hall–Kier alpha value is -1.65. The Morgan fingerprint density at radius 1 is 1.14 bits per heavy atom. The zero-order valence-corrected chi connectivity index (χ0v) is 12.3. The van der Waals surface area contributed by atoms with Crippen LogP contribution >= 0.6 is 23.2 Å². The smallest absolute Gasteiger partial charge is 0.150 e. The number of para-hydroxylation sites is 1. The zero-order chi connectivity index (χ0) is 15.0. The molecule has 0 saturated carbocycles. The summed E-state index contributed by atoms with van der Waals surface area (Å²) in [6.07, 6.45) is 0.448. The van der Waals surface area contributed by atoms with Gasteiger partial charge in [0.05, 0.1) is 16.2 Å². The third-order valence-corrected chi connectivity index (χ3v) is 3.67. The van der Waals surface area contributed by atoms with Gasteiger partial charge in [0.25, 0.3) is 0 Å². The van der Waals surface area contributed by atoms with E-state index < -0.39 is 11.6 Å². The van der Waals surface area contributed by atoms with Crippen LogP contribution < -0.4 is 0 Å². The van der Waals surface area contributed by atoms with Crippen LogP contribution in [0.5, 0.6) is 0 Å². The van der Waals surface area contributed by atoms with Crippen molar-refractivity contribution in [3.63, 3.8) is 0 Å². The summed E-state index contributed by atoms with van der Waals surface area (Å²) < 4.78 is 28.8. The van der Waals surface area contributed by atoms with E-state index in [1.54, 1.807) is 22.8 Å². The largest absolute Gasteiger partial charge is 0.293 e. The summed E-state index contributed by atoms with van der Waals surface area (Å²) in [6, 6.07) is 8.69. The Morgan fingerprint density at radius 3 is 2.67 bits per heavy atom. The molecule has 0 spiro atoms. The number of alkyl halides is 1. The Bertz CT molecular complexity index is 815. The van der Waals surface area contributed by atoms with E-state index in [2.05, 4.69) is 4.98 Å². The van der Waals surface area contributed by atoms with Crippen molar-refractivity contribution in [1.29, 1.82) is 0 Å². The molecule has 0 radical (unpaired) electrons. The number of rotatable bonds is 3. The number of benzene rings is 2. The predicted octanol–water partition coefficient (Wildman–Crippen LogP) is 4.74. The Kier molecular flexibility index (Phi) is 3.83. The molecule has 0 N–H and O–H groups in total. The van der Waals surface area contributed by atoms with Crippen LogP contribution in [-0.4, -0.2) is 15.4 Å². The molecule has 0 aliphatic rings. The van der Waals surface area contributed by atoms with Crippen molar-refractivity contribution >= 4 is 34.2 Å². The van der Waals surface area contributed by atoms with Gasteiger partial charge >= 0.3 is 0 Å². The molecule has 0 aliphatic carbocycles. The normalized spacial score (nSPS) is 11.2. The van der Waals surface area contributed by atoms with Crippen molar-refractivity contribution in [1.82, 2.24) is 9.55 Å². The molecular formula is C15H10Cl2F2N2. The number of halogens is 4. The molecular weight excluding hydrogens is 317 g/mol. The van der Waals surface area contributed by atoms with Gasteiger partial charge in [0, 0.05) is 18.4 Å². The molecule has 0 atom stereocenters. The molecule has 0 aliphatic heterocycles. The first-order valence-corrected chi connectivity index (χ1v) is 7.20. The second-order valence-electron chi connectivity index (χ2n) is 4.51. The highest BCUT2D eigenvalue weighted by atomic mass is 35.5. The van der Waals surface area contributed by atoms with Crippen LogP contribution in [0, 0.1) is 11.6 Å². The van der Waals surface area contributed by atoms with E-state index in [0.717, 1.165) is 6.07 Å². The van der Waals surface area contributed by atoms with E-state index in [-0.39, 0.29) is 5.69 Å². The highest BCUT2D eigenvalue weighted by molar-refractivity contribution is 6.35. The molecule has 2 nitrogen and oxygen atoms in total. The summed E-state index contributed by atoms with van der Waals surface area (Å²) in [5.74, 6) is -0.370. The number of imidazole rings is 1. The minimum atomic E-state index is -0.662. The minimum absolute atomic E-state index is 0.223. The molecule has 0 saturated heterocycles. The van der Waals surface area contributed by atoms with Crippen molar-refractivity contribution in [2.45, 2.75) is 6.42 Å². The lowest BCUT2D eigenvalue weighted by Gasteiger charge is -2.09. The predicted molar refractivity (Wildman–Crippen MR) is 80.4 cm³/mol. The highest BCUT2D eigenvalue weighted by Crippen LogP contribution is 2.28. The van der Waals surface area contributed by atoms with E-state index in [4.69, 9.17) is 23.2 Å². The first-order valence-electron chi connectivity index (χ1n) is 6.29. The van der Waals surface area contributed by atoms with Crippen LogP contribution in [0.2, 0.25) is 5.02 Å². The van der Waals surface area contributed by atoms with Crippen molar-refractivity contribution in [3.8, 4) is 5.69 Å². The summed E-state index contributed by atoms with van der Waals surface area (Å²) in [5, 5.41) is 0.476. The van der Waals surface area contributed by atoms with Crippen LogP contribution in [0.4, 0.5) is 8.78 Å². The summed E-state index contributed by atoms with van der Waals surface area (Å²) in [5.41, 5.74) is 1.46. The maximum absolute atomic E-state index is 14.1. The third kappa shape index (κ3) is 2.49. The van der Waals surface area contributed by atoms with Crippen LogP contribution in [0.25, 0.3) is 16.7 Å². The van der Waals surface area contributed by atoms with Crippen molar-refractivity contribution < 1.29 is 8.78 Å². The quantitative estimate of drug-likeness (QED) is 0.636. The summed E-state index contributed by atoms with van der Waals surface area (Å²) in [4.78, 5) is 4.43. The van der Waals surface area contributed by atoms with Gasteiger partial charge in [0.15, 0.2) is 0 Å². The number of nitrogens with zero attached hydrogens (tertiary/aromatic N) is 2. The topological polar surface area (TPSA) is 17.8 Å². The van der Waals surface area contributed by atoms with Crippen molar-refractivity contribution in [2.24, 2.45) is 0 Å². The fourth-order valence-electron chi connectivity index (χ4n) is 2.30. The lowest BCUT2D eigenvalue weighted by atomic mass is 10.2. The van der Waals surface area contributed by atoms with Crippen molar-refractivity contribution in [3.05, 3.63) is 58.9 Å². The van der Waals surface area contributed by atoms with Gasteiger partial charge in [-0.3, -0.25) is 4.57 Å². The standard InChI is InChI=1S/C15H10Cl2F2N2/c16-7-6-14-20-15-10(17)2-1-3-13(15)21(14)12-5-4-9(18)8-11(12)19/h1-5,8H,6-7H2. The Labute approximate surface area is 129 Å². The van der Waals surface area contributed by atoms with Gasteiger partial charge in [-0.1, -0.05) is 17.7 Å². The van der Waals surface area contributed by atoms with Crippen LogP contribution in [-0.2, 0) is 6.42 Å². The molecule has 108 valence electrons. The molecule has 3 aromatic rings. The second kappa shape index (κ2) is 5.62. The minimum Gasteiger partial charge on any atom is -0.293 e. The molecule has 1 heterocycles. The van der Waals surface area contributed by atoms with Gasteiger partial charge in [-0.15, -0.1) is 11.6 Å². The van der Waals surface area contributed by atoms with Gasteiger partial charge in [0.1, 0.15) is 23.0 Å². The number of aromatic nitrogens is 2. The monoisotopic (exact) mass is 326 g/mol. The average Bonchev–Trinajstić information content (AvgIpc) is 2.79. The number of hydrogen-bond donors (Lipinski definition) is 0. The van der Waals surface area contributed by atoms with Gasteiger partial charge < -0.3 is 0 Å². The van der Waals surface area contributed by atoms with Crippen molar-refractivity contribution in [2.75, 3.05) is 5.88 Å². The fourth-order valence-corrected chi connectivity index (χ4v) is 2.68. The van der Waals surface area contributed by atoms with Crippen LogP contribution in [0.1, 0.15) is 5.82 Å². The van der Waals surface area contributed by atoms with E-state index in [1.807, 2.05) is 0 Å². The first kappa shape index (κ1) is 14.3. The molecule has 3 rings (SSSR count). The molecule has 21 heavy (non-hydrogen) atoms. The molecule has 2 aromatic carbocycles. The molecule has 0 amide bonds. The van der Waals surface area contributed by atoms with Gasteiger partial charge in [-0.05, 0) is 24.3 Å². The SMILES string of the molecule is Fc1ccc(-n2c(CCCl)nc3c(Cl)cccc32)c(F)c1. The third-order valence-electron chi connectivity index (χ3n) is 3.17. The van der Waals surface area contributed by atoms with E-state index in [0.29, 0.717) is 34.2 Å². The lowest BCUT2D eigenvalue weighted by molar-refractivity contribution is 0.577. The van der Waals surface area contributed by atoms with Crippen LogP contribution in [0.3, 0.4) is 0 Å². The molecule has 0 unspecified atom stereocenters. The molecule has 0 fully saturated rings. The van der Waals surface area contributed by atoms with Crippen LogP contribution in [0.15, 0.2) is 36.4 Å². The summed E-state index contributed by atoms with van der Waals surface area (Å²) in [6.45, 7) is 0. The van der Waals surface area contributed by atoms with E-state index in [9.17, 15) is 8.78 Å². The number of fused-ring (bicyclic) bond motifs is 1. The Balaban J connectivity index is 2.33. The lowest BCUT2D eigenvalue weighted by Crippen LogP contribution is -2.04. The van der Waals surface area contributed by atoms with Gasteiger partial charge in [-0.25, -0.2) is 13.8 Å². The molecule has 1 aromatic heterocycles. The van der Waals surface area contributed by atoms with E-state index in [1.165, 1.54) is 12.1 Å². The maximum Gasteiger partial charge on any atom is 0.150 e. The highest BCUT2D eigenvalue weighted by Gasteiger charge is 2.16. The summed E-state index contributed by atoms with van der Waals surface area (Å²) in [7, 11) is 0. The average molecular weight is 327 g/mol. The Morgan fingerprint density at radius 2 is 1.95 bits per heavy atom. The first-order chi connectivity index (χ1) is 10.1. The van der Waals surface area contributed by atoms with Gasteiger partial charge in [-0.2, -0.15) is 0 Å². The zero-order valence-electron chi connectivity index (χ0n) is 10.8. The number of hydrogen-bond acceptors (Lipinski definition) is 1.